The van der Waals surface area contributed by atoms with Gasteiger partial charge >= 0.3 is 0 Å². The van der Waals surface area contributed by atoms with Gasteiger partial charge in [-0.25, -0.2) is 12.8 Å². The molecular weight excluding hydrogens is 585 g/mol. The van der Waals surface area contributed by atoms with Crippen molar-refractivity contribution in [2.45, 2.75) is 46.3 Å². The summed E-state index contributed by atoms with van der Waals surface area (Å²) in [4.78, 5) is 15.3. The van der Waals surface area contributed by atoms with Crippen LogP contribution in [-0.2, 0) is 27.7 Å². The molecule has 0 saturated carbocycles. The molecule has 0 fully saturated rings. The summed E-state index contributed by atoms with van der Waals surface area (Å²) in [6.45, 7) is 5.58. The number of rotatable bonds is 6. The molecule has 0 saturated heterocycles. The standard InChI is InChI=1S/C33H32FN3O6S/c1-20-14-23(43-36-20)16-29(39)37-27-10-7-11-28(38)30(27)35-26-17-33(2,3)19-44(40,41)32(26)31(37)24-13-12-22(15-25(24)34)42-18-21-8-5-4-6-9-21/h4-15,31,35,38H,16-19H2,1-3H3. The van der Waals surface area contributed by atoms with Crippen molar-refractivity contribution in [3.8, 4) is 11.5 Å². The number of phenolic OH excluding ortho intramolecular Hbond substituents is 1. The monoisotopic (exact) mass is 617 g/mol. The number of allylic oxidation sites excluding steroid dienone is 1. The molecule has 2 N–H and O–H groups in total. The third kappa shape index (κ3) is 5.67. The summed E-state index contributed by atoms with van der Waals surface area (Å²) in [5.41, 5.74) is 1.41. The first-order valence-electron chi connectivity index (χ1n) is 14.2. The number of amides is 1. The van der Waals surface area contributed by atoms with Crippen molar-refractivity contribution in [1.82, 2.24) is 5.16 Å². The van der Waals surface area contributed by atoms with Crippen LogP contribution >= 0.6 is 0 Å². The topological polar surface area (TPSA) is 122 Å². The zero-order valence-corrected chi connectivity index (χ0v) is 25.3. The van der Waals surface area contributed by atoms with Gasteiger partial charge in [-0.3, -0.25) is 9.69 Å². The van der Waals surface area contributed by atoms with Gasteiger partial charge in [0.1, 0.15) is 41.4 Å². The highest BCUT2D eigenvalue weighted by molar-refractivity contribution is 7.95. The Morgan fingerprint density at radius 1 is 1.14 bits per heavy atom. The van der Waals surface area contributed by atoms with Crippen molar-refractivity contribution >= 4 is 27.1 Å². The number of nitrogens with one attached hydrogen (secondary N) is 1. The molecule has 228 valence electrons. The first kappa shape index (κ1) is 29.4. The predicted octanol–water partition coefficient (Wildman–Crippen LogP) is 6.21. The van der Waals surface area contributed by atoms with E-state index in [1.165, 1.54) is 23.1 Å². The number of para-hydroxylation sites is 1. The molecular formula is C33H32FN3O6S. The summed E-state index contributed by atoms with van der Waals surface area (Å²) in [6, 6.07) is 18.4. The number of halogens is 1. The van der Waals surface area contributed by atoms with Gasteiger partial charge in [0, 0.05) is 23.4 Å². The van der Waals surface area contributed by atoms with Crippen molar-refractivity contribution < 1.29 is 32.0 Å². The Morgan fingerprint density at radius 2 is 1.91 bits per heavy atom. The SMILES string of the molecule is Cc1cc(CC(=O)N2c3cccc(O)c3NC3=C(C2c2ccc(OCc4ccccc4)cc2F)S(=O)(=O)CC(C)(C)C3)on1. The van der Waals surface area contributed by atoms with Gasteiger partial charge in [-0.2, -0.15) is 0 Å². The van der Waals surface area contributed by atoms with E-state index < -0.39 is 33.0 Å². The van der Waals surface area contributed by atoms with Gasteiger partial charge in [-0.05, 0) is 48.6 Å². The van der Waals surface area contributed by atoms with E-state index in [0.29, 0.717) is 11.4 Å². The smallest absolute Gasteiger partial charge is 0.235 e. The number of fused-ring (bicyclic) bond motifs is 1. The van der Waals surface area contributed by atoms with Crippen molar-refractivity contribution in [1.29, 1.82) is 0 Å². The number of aromatic hydroxyl groups is 1. The van der Waals surface area contributed by atoms with E-state index in [2.05, 4.69) is 10.5 Å². The van der Waals surface area contributed by atoms with Crippen LogP contribution in [0.2, 0.25) is 0 Å². The second kappa shape index (κ2) is 11.1. The molecule has 0 radical (unpaired) electrons. The predicted molar refractivity (Wildman–Crippen MR) is 163 cm³/mol. The number of anilines is 2. The number of phenols is 1. The lowest BCUT2D eigenvalue weighted by Crippen LogP contribution is -2.42. The van der Waals surface area contributed by atoms with E-state index in [4.69, 9.17) is 9.26 Å². The van der Waals surface area contributed by atoms with Gasteiger partial charge in [-0.1, -0.05) is 55.4 Å². The van der Waals surface area contributed by atoms with Gasteiger partial charge < -0.3 is 19.7 Å². The number of ether oxygens (including phenoxy) is 1. The molecule has 9 nitrogen and oxygen atoms in total. The van der Waals surface area contributed by atoms with Crippen molar-refractivity contribution in [3.05, 3.63) is 112 Å². The molecule has 3 aromatic carbocycles. The van der Waals surface area contributed by atoms with Crippen LogP contribution in [-0.4, -0.2) is 30.3 Å². The highest BCUT2D eigenvalue weighted by Crippen LogP contribution is 2.51. The van der Waals surface area contributed by atoms with Crippen LogP contribution in [0.4, 0.5) is 15.8 Å². The summed E-state index contributed by atoms with van der Waals surface area (Å²) in [7, 11) is -4.04. The molecule has 2 aliphatic heterocycles. The molecule has 0 bridgehead atoms. The summed E-state index contributed by atoms with van der Waals surface area (Å²) in [5, 5.41) is 17.9. The molecule has 4 aromatic rings. The van der Waals surface area contributed by atoms with Gasteiger partial charge in [0.25, 0.3) is 0 Å². The van der Waals surface area contributed by atoms with E-state index in [1.54, 1.807) is 31.2 Å². The number of sulfone groups is 1. The van der Waals surface area contributed by atoms with Crippen LogP contribution in [0, 0.1) is 18.2 Å². The quantitative estimate of drug-likeness (QED) is 0.245. The number of carbonyl (C=O) groups excluding carboxylic acids is 1. The molecule has 1 unspecified atom stereocenters. The number of nitrogens with zero attached hydrogens (tertiary/aromatic N) is 2. The van der Waals surface area contributed by atoms with Crippen LogP contribution in [0.1, 0.15) is 48.9 Å². The average Bonchev–Trinajstić information content (AvgIpc) is 3.29. The molecule has 11 heteroatoms. The minimum absolute atomic E-state index is 0.0343. The zero-order chi connectivity index (χ0) is 31.2. The molecule has 2 aliphatic rings. The second-order valence-corrected chi connectivity index (χ2v) is 13.9. The van der Waals surface area contributed by atoms with Crippen LogP contribution in [0.25, 0.3) is 0 Å². The molecule has 44 heavy (non-hydrogen) atoms. The lowest BCUT2D eigenvalue weighted by atomic mass is 9.88. The van der Waals surface area contributed by atoms with E-state index in [-0.39, 0.29) is 64.3 Å². The van der Waals surface area contributed by atoms with E-state index in [1.807, 2.05) is 44.2 Å². The Hall–Kier alpha value is -4.64. The van der Waals surface area contributed by atoms with Crippen LogP contribution in [0.15, 0.2) is 87.9 Å². The number of carbonyl (C=O) groups is 1. The van der Waals surface area contributed by atoms with Crippen molar-refractivity contribution in [2.24, 2.45) is 5.41 Å². The fourth-order valence-corrected chi connectivity index (χ4v) is 8.31. The number of aryl methyl sites for hydroxylation is 1. The summed E-state index contributed by atoms with van der Waals surface area (Å²) < 4.78 is 55.6. The largest absolute Gasteiger partial charge is 0.506 e. The van der Waals surface area contributed by atoms with Crippen LogP contribution < -0.4 is 15.0 Å². The Kier molecular flexibility index (Phi) is 7.44. The molecule has 0 aliphatic carbocycles. The maximum Gasteiger partial charge on any atom is 0.235 e. The lowest BCUT2D eigenvalue weighted by molar-refractivity contribution is -0.118. The first-order valence-corrected chi connectivity index (χ1v) is 15.8. The van der Waals surface area contributed by atoms with Crippen LogP contribution in [0.5, 0.6) is 11.5 Å². The third-order valence-electron chi connectivity index (χ3n) is 7.72. The summed E-state index contributed by atoms with van der Waals surface area (Å²) >= 11 is 0. The minimum Gasteiger partial charge on any atom is -0.506 e. The molecule has 0 spiro atoms. The van der Waals surface area contributed by atoms with E-state index in [9.17, 15) is 18.3 Å². The fraction of sp³-hybridized carbons (Fsp3) is 0.273. The van der Waals surface area contributed by atoms with Crippen molar-refractivity contribution in [2.75, 3.05) is 16.0 Å². The van der Waals surface area contributed by atoms with Gasteiger partial charge in [-0.15, -0.1) is 0 Å². The van der Waals surface area contributed by atoms with Crippen molar-refractivity contribution in [3.63, 3.8) is 0 Å². The van der Waals surface area contributed by atoms with Crippen LogP contribution in [0.3, 0.4) is 0 Å². The minimum atomic E-state index is -4.04. The zero-order valence-electron chi connectivity index (χ0n) is 24.5. The average molecular weight is 618 g/mol. The van der Waals surface area contributed by atoms with Gasteiger partial charge in [0.05, 0.1) is 28.5 Å². The van der Waals surface area contributed by atoms with Gasteiger partial charge in [0.2, 0.25) is 5.91 Å². The Bertz CT molecular complexity index is 1880. The highest BCUT2D eigenvalue weighted by Gasteiger charge is 2.47. The molecule has 6 rings (SSSR count). The first-order chi connectivity index (χ1) is 20.9. The number of hydrogen-bond donors (Lipinski definition) is 2. The van der Waals surface area contributed by atoms with E-state index in [0.717, 1.165) is 5.56 Å². The normalized spacial score (nSPS) is 18.5. The van der Waals surface area contributed by atoms with E-state index >= 15 is 4.39 Å². The molecule has 3 heterocycles. The molecule has 1 atom stereocenters. The maximum absolute atomic E-state index is 16.2. The highest BCUT2D eigenvalue weighted by atomic mass is 32.2. The number of hydrogen-bond acceptors (Lipinski definition) is 8. The lowest BCUT2D eigenvalue weighted by Gasteiger charge is -2.37. The number of aromatic nitrogens is 1. The Balaban J connectivity index is 1.52. The molecule has 1 amide bonds. The Labute approximate surface area is 254 Å². The Morgan fingerprint density at radius 3 is 2.61 bits per heavy atom. The number of benzene rings is 3. The second-order valence-electron chi connectivity index (χ2n) is 12.0. The molecule has 1 aromatic heterocycles. The third-order valence-corrected chi connectivity index (χ3v) is 10.0. The summed E-state index contributed by atoms with van der Waals surface area (Å²) in [6.07, 6.45) is 0.00946. The summed E-state index contributed by atoms with van der Waals surface area (Å²) in [5.74, 6) is -1.20. The maximum atomic E-state index is 16.2. The fourth-order valence-electron chi connectivity index (χ4n) is 5.95. The van der Waals surface area contributed by atoms with Gasteiger partial charge in [0.15, 0.2) is 9.84 Å².